The number of anilines is 1. The molecule has 0 saturated carbocycles. The first-order chi connectivity index (χ1) is 10.9. The van der Waals surface area contributed by atoms with Crippen molar-refractivity contribution < 1.29 is 19.1 Å². The van der Waals surface area contributed by atoms with E-state index in [1.54, 1.807) is 6.07 Å². The fraction of sp³-hybridized carbons (Fsp3) is 0.500. The van der Waals surface area contributed by atoms with E-state index in [0.29, 0.717) is 5.69 Å². The van der Waals surface area contributed by atoms with Gasteiger partial charge in [0, 0.05) is 31.7 Å². The summed E-state index contributed by atoms with van der Waals surface area (Å²) in [5.74, 6) is -2.20. The smallest absolute Gasteiger partial charge is 0.325 e. The van der Waals surface area contributed by atoms with Gasteiger partial charge in [-0.3, -0.25) is 9.59 Å². The van der Waals surface area contributed by atoms with Gasteiger partial charge >= 0.3 is 5.97 Å². The van der Waals surface area contributed by atoms with Crippen LogP contribution in [0.3, 0.4) is 0 Å². The summed E-state index contributed by atoms with van der Waals surface area (Å²) in [6.45, 7) is 7.69. The molecule has 0 spiro atoms. The Bertz CT molecular complexity index is 586. The summed E-state index contributed by atoms with van der Waals surface area (Å²) in [7, 11) is 0. The largest absolute Gasteiger partial charge is 0.480 e. The quantitative estimate of drug-likeness (QED) is 0.851. The number of carbonyl (C=O) groups excluding carboxylic acids is 1. The average Bonchev–Trinajstić information content (AvgIpc) is 2.54. The number of carbonyl (C=O) groups is 2. The first kappa shape index (κ1) is 17.2. The highest BCUT2D eigenvalue weighted by molar-refractivity contribution is 5.96. The highest BCUT2D eigenvalue weighted by Crippen LogP contribution is 2.22. The number of nitrogens with one attached hydrogen (secondary N) is 1. The molecule has 1 aliphatic rings. The average molecular weight is 323 g/mol. The molecule has 0 bridgehead atoms. The van der Waals surface area contributed by atoms with Crippen LogP contribution in [0.5, 0.6) is 0 Å². The number of nitrogens with zero attached hydrogens (tertiary/aromatic N) is 2. The van der Waals surface area contributed by atoms with E-state index in [9.17, 15) is 14.0 Å². The van der Waals surface area contributed by atoms with Crippen molar-refractivity contribution in [2.24, 2.45) is 0 Å². The fourth-order valence-electron chi connectivity index (χ4n) is 2.55. The lowest BCUT2D eigenvalue weighted by Crippen LogP contribution is -2.46. The summed E-state index contributed by atoms with van der Waals surface area (Å²) in [5, 5.41) is 11.1. The molecule has 0 radical (unpaired) electrons. The van der Waals surface area contributed by atoms with Crippen LogP contribution < -0.4 is 10.2 Å². The van der Waals surface area contributed by atoms with Crippen molar-refractivity contribution in [2.45, 2.75) is 19.9 Å². The second-order valence-electron chi connectivity index (χ2n) is 5.62. The maximum absolute atomic E-state index is 14.3. The molecule has 126 valence electrons. The predicted octanol–water partition coefficient (Wildman–Crippen LogP) is 1.17. The Labute approximate surface area is 134 Å². The van der Waals surface area contributed by atoms with E-state index in [4.69, 9.17) is 5.11 Å². The first-order valence-corrected chi connectivity index (χ1v) is 7.73. The van der Waals surface area contributed by atoms with E-state index < -0.39 is 23.7 Å². The van der Waals surface area contributed by atoms with Crippen LogP contribution in [0.1, 0.15) is 24.2 Å². The van der Waals surface area contributed by atoms with Gasteiger partial charge in [-0.25, -0.2) is 4.39 Å². The summed E-state index contributed by atoms with van der Waals surface area (Å²) in [6.07, 6.45) is 0. The molecular weight excluding hydrogens is 301 g/mol. The van der Waals surface area contributed by atoms with Crippen LogP contribution in [0.25, 0.3) is 0 Å². The molecule has 1 aliphatic heterocycles. The van der Waals surface area contributed by atoms with Gasteiger partial charge in [0.15, 0.2) is 0 Å². The van der Waals surface area contributed by atoms with Crippen LogP contribution in [0.15, 0.2) is 18.2 Å². The molecule has 0 aromatic heterocycles. The van der Waals surface area contributed by atoms with E-state index in [1.165, 1.54) is 13.0 Å². The van der Waals surface area contributed by atoms with Crippen LogP contribution in [0, 0.1) is 5.82 Å². The van der Waals surface area contributed by atoms with E-state index in [1.807, 2.05) is 4.90 Å². The summed E-state index contributed by atoms with van der Waals surface area (Å²) in [5.41, 5.74) is 0.593. The number of hydrogen-bond acceptors (Lipinski definition) is 4. The number of rotatable bonds is 5. The summed E-state index contributed by atoms with van der Waals surface area (Å²) in [6, 6.07) is 3.24. The first-order valence-electron chi connectivity index (χ1n) is 7.73. The third kappa shape index (κ3) is 4.19. The minimum Gasteiger partial charge on any atom is -0.480 e. The molecule has 23 heavy (non-hydrogen) atoms. The maximum atomic E-state index is 14.3. The van der Waals surface area contributed by atoms with Crippen LogP contribution in [-0.4, -0.2) is 60.6 Å². The number of carboxylic acids is 1. The normalized spacial score (nSPS) is 16.9. The van der Waals surface area contributed by atoms with Gasteiger partial charge in [-0.2, -0.15) is 0 Å². The number of halogens is 1. The molecule has 7 heteroatoms. The minimum atomic E-state index is -1.13. The molecule has 1 aromatic carbocycles. The fourth-order valence-corrected chi connectivity index (χ4v) is 2.55. The van der Waals surface area contributed by atoms with E-state index in [2.05, 4.69) is 17.1 Å². The predicted molar refractivity (Wildman–Crippen MR) is 85.3 cm³/mol. The molecule has 2 N–H and O–H groups in total. The number of aliphatic carboxylic acids is 1. The Hall–Kier alpha value is -2.15. The highest BCUT2D eigenvalue weighted by atomic mass is 19.1. The zero-order valence-corrected chi connectivity index (χ0v) is 13.4. The minimum absolute atomic E-state index is 0.117. The van der Waals surface area contributed by atoms with Crippen molar-refractivity contribution in [1.82, 2.24) is 10.2 Å². The summed E-state index contributed by atoms with van der Waals surface area (Å²) in [4.78, 5) is 26.9. The SMILES string of the molecule is CCN1CCN(c2ccc(C(=O)NC(C)C(=O)O)cc2F)CC1. The van der Waals surface area contributed by atoms with Crippen molar-refractivity contribution in [1.29, 1.82) is 0 Å². The second-order valence-corrected chi connectivity index (χ2v) is 5.62. The number of hydrogen-bond donors (Lipinski definition) is 2. The standard InChI is InChI=1S/C16H22FN3O3/c1-3-19-6-8-20(9-7-19)14-5-4-12(10-13(14)17)15(21)18-11(2)16(22)23/h4-5,10-11H,3,6-9H2,1-2H3,(H,18,21)(H,22,23). The number of piperazine rings is 1. The summed E-state index contributed by atoms with van der Waals surface area (Å²) < 4.78 is 14.3. The van der Waals surface area contributed by atoms with Crippen molar-refractivity contribution in [3.05, 3.63) is 29.6 Å². The lowest BCUT2D eigenvalue weighted by molar-refractivity contribution is -0.138. The van der Waals surface area contributed by atoms with Crippen LogP contribution in [0.2, 0.25) is 0 Å². The van der Waals surface area contributed by atoms with Crippen molar-refractivity contribution in [3.8, 4) is 0 Å². The van der Waals surface area contributed by atoms with E-state index in [-0.39, 0.29) is 5.56 Å². The van der Waals surface area contributed by atoms with Gasteiger partial charge in [0.1, 0.15) is 11.9 Å². The topological polar surface area (TPSA) is 72.9 Å². The van der Waals surface area contributed by atoms with Gasteiger partial charge in [-0.1, -0.05) is 6.92 Å². The lowest BCUT2D eigenvalue weighted by Gasteiger charge is -2.35. The maximum Gasteiger partial charge on any atom is 0.325 e. The number of benzene rings is 1. The molecule has 1 aromatic rings. The van der Waals surface area contributed by atoms with Crippen LogP contribution in [-0.2, 0) is 4.79 Å². The van der Waals surface area contributed by atoms with Crippen LogP contribution in [0.4, 0.5) is 10.1 Å². The van der Waals surface area contributed by atoms with Gasteiger partial charge in [0.05, 0.1) is 5.69 Å². The Morgan fingerprint density at radius 3 is 2.48 bits per heavy atom. The molecule has 1 saturated heterocycles. The van der Waals surface area contributed by atoms with Crippen LogP contribution >= 0.6 is 0 Å². The monoisotopic (exact) mass is 323 g/mol. The van der Waals surface area contributed by atoms with Crippen molar-refractivity contribution >= 4 is 17.6 Å². The van der Waals surface area contributed by atoms with E-state index >= 15 is 0 Å². The highest BCUT2D eigenvalue weighted by Gasteiger charge is 2.20. The van der Waals surface area contributed by atoms with Gasteiger partial charge in [-0.15, -0.1) is 0 Å². The summed E-state index contributed by atoms with van der Waals surface area (Å²) >= 11 is 0. The van der Waals surface area contributed by atoms with E-state index in [0.717, 1.165) is 38.8 Å². The Morgan fingerprint density at radius 1 is 1.30 bits per heavy atom. The third-order valence-electron chi connectivity index (χ3n) is 4.09. The molecule has 1 fully saturated rings. The van der Waals surface area contributed by atoms with Gasteiger partial charge in [0.2, 0.25) is 0 Å². The number of likely N-dealkylation sites (N-methyl/N-ethyl adjacent to an activating group) is 1. The lowest BCUT2D eigenvalue weighted by atomic mass is 10.1. The zero-order valence-electron chi connectivity index (χ0n) is 13.4. The number of amides is 1. The molecule has 0 aliphatic carbocycles. The molecule has 1 heterocycles. The molecular formula is C16H22FN3O3. The Balaban J connectivity index is 2.06. The molecule has 1 amide bonds. The Morgan fingerprint density at radius 2 is 1.96 bits per heavy atom. The molecule has 1 unspecified atom stereocenters. The van der Waals surface area contributed by atoms with Crippen molar-refractivity contribution in [3.63, 3.8) is 0 Å². The molecule has 1 atom stereocenters. The Kier molecular flexibility index (Phi) is 5.54. The molecule has 6 nitrogen and oxygen atoms in total. The third-order valence-corrected chi connectivity index (χ3v) is 4.09. The van der Waals surface area contributed by atoms with Gasteiger partial charge in [-0.05, 0) is 31.7 Å². The number of carboxylic acid groups (broad SMARTS) is 1. The van der Waals surface area contributed by atoms with Gasteiger partial charge in [0.25, 0.3) is 5.91 Å². The second kappa shape index (κ2) is 7.41. The molecule has 2 rings (SSSR count). The van der Waals surface area contributed by atoms with Crippen molar-refractivity contribution in [2.75, 3.05) is 37.6 Å². The zero-order chi connectivity index (χ0) is 17.0. The van der Waals surface area contributed by atoms with Gasteiger partial charge < -0.3 is 20.2 Å².